The van der Waals surface area contributed by atoms with E-state index < -0.39 is 0 Å². The molecule has 20 heavy (non-hydrogen) atoms. The molecule has 0 aliphatic rings. The lowest BCUT2D eigenvalue weighted by Gasteiger charge is -2.20. The topological polar surface area (TPSA) is 55.6 Å². The molecule has 0 saturated carbocycles. The van der Waals surface area contributed by atoms with Crippen molar-refractivity contribution >= 4 is 23.1 Å². The molecule has 4 nitrogen and oxygen atoms in total. The van der Waals surface area contributed by atoms with Crippen molar-refractivity contribution in [2.45, 2.75) is 26.2 Å². The molecule has 0 aliphatic heterocycles. The molecule has 0 fully saturated rings. The second-order valence-electron chi connectivity index (χ2n) is 4.54. The third-order valence-electron chi connectivity index (χ3n) is 3.15. The van der Waals surface area contributed by atoms with E-state index in [4.69, 9.17) is 22.7 Å². The summed E-state index contributed by atoms with van der Waals surface area (Å²) in [6.45, 7) is 3.25. The summed E-state index contributed by atoms with van der Waals surface area (Å²) >= 11 is 4.84. The highest BCUT2D eigenvalue weighted by Gasteiger charge is 2.11. The van der Waals surface area contributed by atoms with Gasteiger partial charge in [0.05, 0.1) is 12.1 Å². The van der Waals surface area contributed by atoms with Crippen LogP contribution in [-0.2, 0) is 11.2 Å². The van der Waals surface area contributed by atoms with Gasteiger partial charge in [-0.15, -0.1) is 0 Å². The van der Waals surface area contributed by atoms with E-state index in [1.807, 2.05) is 31.2 Å². The Morgan fingerprint density at radius 3 is 2.45 bits per heavy atom. The molecule has 0 atom stereocenters. The van der Waals surface area contributed by atoms with Crippen molar-refractivity contribution in [2.75, 3.05) is 20.2 Å². The predicted octanol–water partition coefficient (Wildman–Crippen LogP) is 2.15. The van der Waals surface area contributed by atoms with Gasteiger partial charge < -0.3 is 15.4 Å². The van der Waals surface area contributed by atoms with E-state index >= 15 is 0 Å². The van der Waals surface area contributed by atoms with Crippen LogP contribution >= 0.6 is 12.2 Å². The van der Waals surface area contributed by atoms with E-state index in [1.165, 1.54) is 0 Å². The van der Waals surface area contributed by atoms with Gasteiger partial charge in [0.15, 0.2) is 0 Å². The summed E-state index contributed by atoms with van der Waals surface area (Å²) in [4.78, 5) is 14.3. The van der Waals surface area contributed by atoms with Crippen molar-refractivity contribution in [1.29, 1.82) is 0 Å². The fourth-order valence-corrected chi connectivity index (χ4v) is 2.00. The molecule has 110 valence electrons. The van der Waals surface area contributed by atoms with Gasteiger partial charge in [0, 0.05) is 25.9 Å². The Morgan fingerprint density at radius 1 is 1.30 bits per heavy atom. The van der Waals surface area contributed by atoms with Crippen LogP contribution in [0.25, 0.3) is 0 Å². The maximum Gasteiger partial charge on any atom is 0.222 e. The number of carbonyl (C=O) groups is 1. The Kier molecular flexibility index (Phi) is 7.01. The van der Waals surface area contributed by atoms with Crippen molar-refractivity contribution in [3.05, 3.63) is 29.8 Å². The summed E-state index contributed by atoms with van der Waals surface area (Å²) in [7, 11) is 1.64. The van der Waals surface area contributed by atoms with Gasteiger partial charge in [-0.05, 0) is 31.0 Å². The number of hydrogen-bond acceptors (Lipinski definition) is 3. The molecular weight excluding hydrogens is 272 g/mol. The number of nitrogens with zero attached hydrogens (tertiary/aromatic N) is 1. The number of amides is 1. The zero-order chi connectivity index (χ0) is 15.0. The molecular formula is C15H22N2O2S. The van der Waals surface area contributed by atoms with Crippen molar-refractivity contribution in [3.8, 4) is 5.75 Å². The van der Waals surface area contributed by atoms with Gasteiger partial charge in [0.25, 0.3) is 0 Å². The molecule has 0 aliphatic carbocycles. The van der Waals surface area contributed by atoms with Crippen LogP contribution in [0.2, 0.25) is 0 Å². The summed E-state index contributed by atoms with van der Waals surface area (Å²) in [5, 5.41) is 0. The summed E-state index contributed by atoms with van der Waals surface area (Å²) in [6.07, 6.45) is 1.81. The van der Waals surface area contributed by atoms with E-state index in [0.717, 1.165) is 17.7 Å². The molecule has 5 heteroatoms. The van der Waals surface area contributed by atoms with E-state index in [9.17, 15) is 4.79 Å². The highest BCUT2D eigenvalue weighted by molar-refractivity contribution is 7.80. The van der Waals surface area contributed by atoms with Crippen LogP contribution in [0.3, 0.4) is 0 Å². The zero-order valence-electron chi connectivity index (χ0n) is 12.1. The van der Waals surface area contributed by atoms with E-state index in [1.54, 1.807) is 12.0 Å². The SMILES string of the molecule is CCN(CCC(N)=S)C(=O)CCc1ccc(OC)cc1. The summed E-state index contributed by atoms with van der Waals surface area (Å²) in [5.74, 6) is 0.964. The molecule has 2 N–H and O–H groups in total. The van der Waals surface area contributed by atoms with Crippen LogP contribution in [0.1, 0.15) is 25.3 Å². The van der Waals surface area contributed by atoms with Crippen LogP contribution in [0, 0.1) is 0 Å². The number of rotatable bonds is 8. The average Bonchev–Trinajstić information content (AvgIpc) is 2.46. The number of ether oxygens (including phenoxy) is 1. The quantitative estimate of drug-likeness (QED) is 0.746. The monoisotopic (exact) mass is 294 g/mol. The third-order valence-corrected chi connectivity index (χ3v) is 3.35. The van der Waals surface area contributed by atoms with Crippen LogP contribution in [0.5, 0.6) is 5.75 Å². The lowest BCUT2D eigenvalue weighted by atomic mass is 10.1. The first-order valence-corrected chi connectivity index (χ1v) is 7.16. The van der Waals surface area contributed by atoms with Gasteiger partial charge in [0.1, 0.15) is 5.75 Å². The normalized spacial score (nSPS) is 10.1. The number of nitrogens with two attached hydrogens (primary N) is 1. The summed E-state index contributed by atoms with van der Waals surface area (Å²) < 4.78 is 5.11. The number of hydrogen-bond donors (Lipinski definition) is 1. The second-order valence-corrected chi connectivity index (χ2v) is 5.06. The van der Waals surface area contributed by atoms with Crippen molar-refractivity contribution in [1.82, 2.24) is 4.90 Å². The van der Waals surface area contributed by atoms with Crippen molar-refractivity contribution in [3.63, 3.8) is 0 Å². The molecule has 0 spiro atoms. The minimum atomic E-state index is 0.138. The first-order chi connectivity index (χ1) is 9.56. The second kappa shape index (κ2) is 8.53. The summed E-state index contributed by atoms with van der Waals surface area (Å²) in [5.41, 5.74) is 6.60. The fraction of sp³-hybridized carbons (Fsp3) is 0.467. The molecule has 0 bridgehead atoms. The van der Waals surface area contributed by atoms with Crippen LogP contribution in [0.15, 0.2) is 24.3 Å². The van der Waals surface area contributed by atoms with Gasteiger partial charge in [0.2, 0.25) is 5.91 Å². The van der Waals surface area contributed by atoms with Gasteiger partial charge >= 0.3 is 0 Å². The molecule has 1 rings (SSSR count). The molecule has 0 heterocycles. The molecule has 1 aromatic rings. The lowest BCUT2D eigenvalue weighted by molar-refractivity contribution is -0.130. The Hall–Kier alpha value is -1.62. The zero-order valence-corrected chi connectivity index (χ0v) is 12.9. The van der Waals surface area contributed by atoms with Gasteiger partial charge in [-0.2, -0.15) is 0 Å². The van der Waals surface area contributed by atoms with Crippen LogP contribution < -0.4 is 10.5 Å². The number of benzene rings is 1. The van der Waals surface area contributed by atoms with E-state index in [2.05, 4.69) is 0 Å². The highest BCUT2D eigenvalue weighted by atomic mass is 32.1. The Labute approximate surface area is 125 Å². The molecule has 1 aromatic carbocycles. The first-order valence-electron chi connectivity index (χ1n) is 6.75. The van der Waals surface area contributed by atoms with Crippen molar-refractivity contribution < 1.29 is 9.53 Å². The number of carbonyl (C=O) groups excluding carboxylic acids is 1. The molecule has 0 radical (unpaired) electrons. The standard InChI is InChI=1S/C15H22N2O2S/c1-3-17(11-10-14(16)20)15(18)9-6-12-4-7-13(19-2)8-5-12/h4-5,7-8H,3,6,9-11H2,1-2H3,(H2,16,20). The Bertz CT molecular complexity index is 446. The smallest absolute Gasteiger partial charge is 0.222 e. The predicted molar refractivity (Wildman–Crippen MR) is 85.0 cm³/mol. The summed E-state index contributed by atoms with van der Waals surface area (Å²) in [6, 6.07) is 7.78. The number of thiocarbonyl (C=S) groups is 1. The Morgan fingerprint density at radius 2 is 1.95 bits per heavy atom. The Balaban J connectivity index is 2.45. The molecule has 0 aromatic heterocycles. The van der Waals surface area contributed by atoms with Gasteiger partial charge in [-0.3, -0.25) is 4.79 Å². The average molecular weight is 294 g/mol. The van der Waals surface area contributed by atoms with Crippen LogP contribution in [-0.4, -0.2) is 36.0 Å². The largest absolute Gasteiger partial charge is 0.497 e. The molecule has 0 unspecified atom stereocenters. The first kappa shape index (κ1) is 16.4. The third kappa shape index (κ3) is 5.57. The van der Waals surface area contributed by atoms with E-state index in [-0.39, 0.29) is 5.91 Å². The fourth-order valence-electron chi connectivity index (χ4n) is 1.91. The maximum absolute atomic E-state index is 12.1. The minimum Gasteiger partial charge on any atom is -0.497 e. The number of methoxy groups -OCH3 is 1. The highest BCUT2D eigenvalue weighted by Crippen LogP contribution is 2.13. The maximum atomic E-state index is 12.1. The lowest BCUT2D eigenvalue weighted by Crippen LogP contribution is -2.33. The van der Waals surface area contributed by atoms with Crippen molar-refractivity contribution in [2.24, 2.45) is 5.73 Å². The molecule has 1 amide bonds. The van der Waals surface area contributed by atoms with E-state index in [0.29, 0.717) is 30.9 Å². The molecule has 0 saturated heterocycles. The minimum absolute atomic E-state index is 0.138. The number of aryl methyl sites for hydroxylation is 1. The van der Waals surface area contributed by atoms with Crippen LogP contribution in [0.4, 0.5) is 0 Å². The van der Waals surface area contributed by atoms with Gasteiger partial charge in [-0.25, -0.2) is 0 Å². The van der Waals surface area contributed by atoms with Gasteiger partial charge in [-0.1, -0.05) is 24.4 Å².